The van der Waals surface area contributed by atoms with Gasteiger partial charge in [0.15, 0.2) is 0 Å². The standard InChI is InChI=1S/C16H15/c1-13-3-7-15(8-4-13)11-12-16-9-5-14(2)6-10-16/h3-5,7-10H,6H2,1-2H3. The minimum atomic E-state index is 1.02. The summed E-state index contributed by atoms with van der Waals surface area (Å²) in [6.07, 6.45) is 7.42. The molecule has 1 aliphatic carbocycles. The molecule has 0 nitrogen and oxygen atoms in total. The summed E-state index contributed by atoms with van der Waals surface area (Å²) < 4.78 is 0. The van der Waals surface area contributed by atoms with E-state index in [4.69, 9.17) is 0 Å². The number of hydrogen-bond donors (Lipinski definition) is 0. The highest BCUT2D eigenvalue weighted by atomic mass is 14.0. The van der Waals surface area contributed by atoms with E-state index in [0.717, 1.165) is 17.6 Å². The zero-order valence-corrected chi connectivity index (χ0v) is 9.75. The van der Waals surface area contributed by atoms with Crippen LogP contribution in [-0.4, -0.2) is 0 Å². The molecule has 0 aliphatic heterocycles. The highest BCUT2D eigenvalue weighted by Gasteiger charge is 1.99. The summed E-state index contributed by atoms with van der Waals surface area (Å²) in [6, 6.07) is 8.31. The molecule has 1 aromatic carbocycles. The molecule has 1 aliphatic rings. The average molecular weight is 207 g/mol. The maximum atomic E-state index is 3.19. The zero-order chi connectivity index (χ0) is 11.4. The predicted octanol–water partition coefficient (Wildman–Crippen LogP) is 3.83. The molecule has 0 spiro atoms. The molecule has 0 aromatic heterocycles. The van der Waals surface area contributed by atoms with E-state index in [0.29, 0.717) is 0 Å². The van der Waals surface area contributed by atoms with Crippen molar-refractivity contribution in [3.63, 3.8) is 0 Å². The molecular formula is C16H15. The highest BCUT2D eigenvalue weighted by molar-refractivity contribution is 5.47. The van der Waals surface area contributed by atoms with Gasteiger partial charge in [0.05, 0.1) is 0 Å². The molecule has 16 heavy (non-hydrogen) atoms. The Morgan fingerprint density at radius 2 is 1.69 bits per heavy atom. The number of rotatable bonds is 0. The van der Waals surface area contributed by atoms with Crippen LogP contribution in [0.2, 0.25) is 0 Å². The Morgan fingerprint density at radius 1 is 0.938 bits per heavy atom. The van der Waals surface area contributed by atoms with Crippen molar-refractivity contribution in [1.82, 2.24) is 0 Å². The van der Waals surface area contributed by atoms with Crippen LogP contribution in [0, 0.1) is 25.2 Å². The smallest absolute Gasteiger partial charge is 0.0249 e. The molecule has 0 unspecified atom stereocenters. The van der Waals surface area contributed by atoms with Crippen LogP contribution in [0.25, 0.3) is 0 Å². The monoisotopic (exact) mass is 207 g/mol. The third kappa shape index (κ3) is 2.87. The molecule has 0 heteroatoms. The lowest BCUT2D eigenvalue weighted by atomic mass is 10.00. The first-order valence-corrected chi connectivity index (χ1v) is 5.53. The second-order valence-electron chi connectivity index (χ2n) is 4.16. The number of allylic oxidation sites excluding steroid dienone is 4. The summed E-state index contributed by atoms with van der Waals surface area (Å²) in [6.45, 7) is 4.22. The Labute approximate surface area is 97.7 Å². The molecule has 0 saturated heterocycles. The van der Waals surface area contributed by atoms with Crippen molar-refractivity contribution >= 4 is 0 Å². The largest absolute Gasteiger partial charge is 0.0726 e. The second kappa shape index (κ2) is 4.86. The molecule has 2 rings (SSSR count). The molecule has 1 radical (unpaired) electrons. The van der Waals surface area contributed by atoms with E-state index >= 15 is 0 Å². The van der Waals surface area contributed by atoms with Gasteiger partial charge in [0.1, 0.15) is 0 Å². The summed E-state index contributed by atoms with van der Waals surface area (Å²) in [5.74, 6) is 6.37. The van der Waals surface area contributed by atoms with Crippen molar-refractivity contribution < 1.29 is 0 Å². The third-order valence-electron chi connectivity index (χ3n) is 2.59. The Balaban J connectivity index is 2.13. The zero-order valence-electron chi connectivity index (χ0n) is 9.75. The van der Waals surface area contributed by atoms with Gasteiger partial charge < -0.3 is 0 Å². The SMILES string of the molecule is CC1=CC=C(C#Cc2ccc(C)cc2)[CH]C1. The van der Waals surface area contributed by atoms with Gasteiger partial charge in [-0.05, 0) is 32.4 Å². The molecule has 0 N–H and O–H groups in total. The van der Waals surface area contributed by atoms with E-state index in [9.17, 15) is 0 Å². The molecule has 0 atom stereocenters. The Morgan fingerprint density at radius 3 is 2.31 bits per heavy atom. The summed E-state index contributed by atoms with van der Waals surface area (Å²) in [7, 11) is 0. The lowest BCUT2D eigenvalue weighted by Crippen LogP contribution is -1.89. The number of benzene rings is 1. The first-order valence-electron chi connectivity index (χ1n) is 5.53. The van der Waals surface area contributed by atoms with Crippen molar-refractivity contribution in [3.8, 4) is 11.8 Å². The Bertz CT molecular complexity index is 487. The van der Waals surface area contributed by atoms with Gasteiger partial charge in [-0.25, -0.2) is 0 Å². The molecule has 1 aromatic rings. The van der Waals surface area contributed by atoms with Crippen molar-refractivity contribution in [1.29, 1.82) is 0 Å². The van der Waals surface area contributed by atoms with E-state index in [1.165, 1.54) is 11.1 Å². The second-order valence-corrected chi connectivity index (χ2v) is 4.16. The highest BCUT2D eigenvalue weighted by Crippen LogP contribution is 2.15. The van der Waals surface area contributed by atoms with Crippen LogP contribution in [-0.2, 0) is 0 Å². The van der Waals surface area contributed by atoms with Crippen molar-refractivity contribution in [2.45, 2.75) is 20.3 Å². The fraction of sp³-hybridized carbons (Fsp3) is 0.188. The average Bonchev–Trinajstić information content (AvgIpc) is 2.30. The number of hydrogen-bond acceptors (Lipinski definition) is 0. The van der Waals surface area contributed by atoms with Crippen LogP contribution >= 0.6 is 0 Å². The maximum Gasteiger partial charge on any atom is 0.0249 e. The van der Waals surface area contributed by atoms with Gasteiger partial charge in [-0.3, -0.25) is 0 Å². The first kappa shape index (κ1) is 10.8. The fourth-order valence-electron chi connectivity index (χ4n) is 1.51. The lowest BCUT2D eigenvalue weighted by molar-refractivity contribution is 1.11. The predicted molar refractivity (Wildman–Crippen MR) is 68.8 cm³/mol. The van der Waals surface area contributed by atoms with E-state index in [2.05, 4.69) is 68.5 Å². The van der Waals surface area contributed by atoms with E-state index in [-0.39, 0.29) is 0 Å². The van der Waals surface area contributed by atoms with E-state index in [1.807, 2.05) is 0 Å². The number of aryl methyl sites for hydroxylation is 1. The van der Waals surface area contributed by atoms with Crippen molar-refractivity contribution in [3.05, 3.63) is 65.1 Å². The van der Waals surface area contributed by atoms with Gasteiger partial charge in [0.25, 0.3) is 0 Å². The van der Waals surface area contributed by atoms with E-state index in [1.54, 1.807) is 0 Å². The van der Waals surface area contributed by atoms with Crippen LogP contribution in [0.5, 0.6) is 0 Å². The summed E-state index contributed by atoms with van der Waals surface area (Å²) >= 11 is 0. The van der Waals surface area contributed by atoms with Crippen molar-refractivity contribution in [2.75, 3.05) is 0 Å². The van der Waals surface area contributed by atoms with Gasteiger partial charge in [-0.15, -0.1) is 0 Å². The molecule has 79 valence electrons. The van der Waals surface area contributed by atoms with Crippen LogP contribution in [0.15, 0.2) is 47.6 Å². The van der Waals surface area contributed by atoms with Gasteiger partial charge >= 0.3 is 0 Å². The van der Waals surface area contributed by atoms with Crippen molar-refractivity contribution in [2.24, 2.45) is 0 Å². The van der Waals surface area contributed by atoms with Crippen LogP contribution in [0.4, 0.5) is 0 Å². The van der Waals surface area contributed by atoms with Gasteiger partial charge in [-0.2, -0.15) is 0 Å². The van der Waals surface area contributed by atoms with Gasteiger partial charge in [0, 0.05) is 17.6 Å². The topological polar surface area (TPSA) is 0 Å². The fourth-order valence-corrected chi connectivity index (χ4v) is 1.51. The molecule has 0 amide bonds. The summed E-state index contributed by atoms with van der Waals surface area (Å²) in [4.78, 5) is 0. The summed E-state index contributed by atoms with van der Waals surface area (Å²) in [5.41, 5.74) is 4.85. The van der Waals surface area contributed by atoms with Crippen LogP contribution < -0.4 is 0 Å². The first-order chi connectivity index (χ1) is 7.74. The molecule has 0 heterocycles. The molecule has 0 fully saturated rings. The Hall–Kier alpha value is -1.74. The minimum Gasteiger partial charge on any atom is -0.0726 e. The summed E-state index contributed by atoms with van der Waals surface area (Å²) in [5, 5.41) is 0. The minimum absolute atomic E-state index is 1.02. The molecular weight excluding hydrogens is 192 g/mol. The quantitative estimate of drug-likeness (QED) is 0.567. The Kier molecular flexibility index (Phi) is 3.27. The normalized spacial score (nSPS) is 14.6. The van der Waals surface area contributed by atoms with E-state index < -0.39 is 0 Å². The van der Waals surface area contributed by atoms with Crippen LogP contribution in [0.3, 0.4) is 0 Å². The molecule has 0 saturated carbocycles. The molecule has 0 bridgehead atoms. The van der Waals surface area contributed by atoms with Gasteiger partial charge in [-0.1, -0.05) is 47.3 Å². The third-order valence-corrected chi connectivity index (χ3v) is 2.59. The van der Waals surface area contributed by atoms with Crippen LogP contribution in [0.1, 0.15) is 24.5 Å². The van der Waals surface area contributed by atoms with Gasteiger partial charge in [0.2, 0.25) is 0 Å². The lowest BCUT2D eigenvalue weighted by Gasteiger charge is -2.05. The maximum absolute atomic E-state index is 3.19.